The minimum Gasteiger partial charge on any atom is -0.353 e. The van der Waals surface area contributed by atoms with Gasteiger partial charge in [-0.1, -0.05) is 47.9 Å². The van der Waals surface area contributed by atoms with Gasteiger partial charge in [0.15, 0.2) is 6.29 Å². The Hall–Kier alpha value is 0.390. The molecule has 1 saturated carbocycles. The van der Waals surface area contributed by atoms with Gasteiger partial charge in [0.1, 0.15) is 0 Å². The molecule has 1 unspecified atom stereocenters. The number of hydrogen-bond acceptors (Lipinski definition) is 2. The first-order chi connectivity index (χ1) is 8.35. The van der Waals surface area contributed by atoms with E-state index in [0.717, 1.165) is 19.4 Å². The first kappa shape index (κ1) is 13.8. The molecular weight excluding hydrogens is 327 g/mol. The minimum atomic E-state index is 0.0597. The third-order valence-corrected chi connectivity index (χ3v) is 4.37. The largest absolute Gasteiger partial charge is 0.353 e. The molecule has 0 radical (unpaired) electrons. The lowest BCUT2D eigenvalue weighted by molar-refractivity contribution is -0.232. The maximum absolute atomic E-state index is 6.35. The van der Waals surface area contributed by atoms with Gasteiger partial charge in [0.05, 0.1) is 5.60 Å². The molecule has 1 heterocycles. The Balaban J connectivity index is 1.93. The van der Waals surface area contributed by atoms with Crippen molar-refractivity contribution in [2.75, 3.05) is 6.61 Å². The summed E-state index contributed by atoms with van der Waals surface area (Å²) in [6.07, 6.45) is 13.3. The number of hydrogen-bond donors (Lipinski definition) is 0. The van der Waals surface area contributed by atoms with Crippen LogP contribution in [0.25, 0.3) is 0 Å². The molecular formula is C14H23IO2. The van der Waals surface area contributed by atoms with E-state index in [1.165, 1.54) is 44.9 Å². The van der Waals surface area contributed by atoms with Crippen molar-refractivity contribution in [3.63, 3.8) is 0 Å². The fraction of sp³-hybridized carbons (Fsp3) is 0.857. The molecule has 0 bridgehead atoms. The second kappa shape index (κ2) is 7.10. The monoisotopic (exact) mass is 350 g/mol. The van der Waals surface area contributed by atoms with Crippen LogP contribution in [0.4, 0.5) is 0 Å². The van der Waals surface area contributed by atoms with Crippen LogP contribution in [-0.2, 0) is 9.47 Å². The van der Waals surface area contributed by atoms with Crippen molar-refractivity contribution in [1.29, 1.82) is 0 Å². The second-order valence-corrected chi connectivity index (χ2v) is 5.94. The highest BCUT2D eigenvalue weighted by Crippen LogP contribution is 2.37. The van der Waals surface area contributed by atoms with Gasteiger partial charge in [-0.05, 0) is 42.6 Å². The van der Waals surface area contributed by atoms with Crippen LogP contribution in [0.5, 0.6) is 0 Å². The third kappa shape index (κ3) is 4.21. The van der Waals surface area contributed by atoms with E-state index in [1.54, 1.807) is 0 Å². The molecule has 1 atom stereocenters. The number of halogens is 1. The van der Waals surface area contributed by atoms with Gasteiger partial charge in [0.2, 0.25) is 0 Å². The molecule has 2 aliphatic rings. The Kier molecular flexibility index (Phi) is 5.77. The van der Waals surface area contributed by atoms with E-state index >= 15 is 0 Å². The van der Waals surface area contributed by atoms with E-state index in [4.69, 9.17) is 9.47 Å². The maximum Gasteiger partial charge on any atom is 0.158 e. The Bertz CT molecular complexity index is 241. The highest BCUT2D eigenvalue weighted by molar-refractivity contribution is 14.1. The quantitative estimate of drug-likeness (QED) is 0.692. The summed E-state index contributed by atoms with van der Waals surface area (Å²) in [5, 5.41) is 0. The van der Waals surface area contributed by atoms with Gasteiger partial charge in [-0.15, -0.1) is 0 Å². The molecule has 98 valence electrons. The highest BCUT2D eigenvalue weighted by atomic mass is 127. The molecule has 2 nitrogen and oxygen atoms in total. The smallest absolute Gasteiger partial charge is 0.158 e. The highest BCUT2D eigenvalue weighted by Gasteiger charge is 2.35. The zero-order chi connectivity index (χ0) is 12.0. The fourth-order valence-corrected chi connectivity index (χ4v) is 3.16. The average molecular weight is 350 g/mol. The molecule has 1 saturated heterocycles. The van der Waals surface area contributed by atoms with E-state index in [9.17, 15) is 0 Å². The summed E-state index contributed by atoms with van der Waals surface area (Å²) in [6.45, 7) is 0.878. The summed E-state index contributed by atoms with van der Waals surface area (Å²) in [5.41, 5.74) is 0.0714. The van der Waals surface area contributed by atoms with Crippen LogP contribution < -0.4 is 0 Å². The van der Waals surface area contributed by atoms with Crippen molar-refractivity contribution in [3.8, 4) is 0 Å². The second-order valence-electron chi connectivity index (χ2n) is 5.22. The molecule has 0 spiro atoms. The Morgan fingerprint density at radius 3 is 2.65 bits per heavy atom. The molecule has 3 heteroatoms. The van der Waals surface area contributed by atoms with Crippen LogP contribution in [0.1, 0.15) is 57.8 Å². The van der Waals surface area contributed by atoms with Gasteiger partial charge in [-0.3, -0.25) is 0 Å². The zero-order valence-electron chi connectivity index (χ0n) is 10.5. The number of rotatable bonds is 4. The van der Waals surface area contributed by atoms with Crippen molar-refractivity contribution >= 4 is 22.6 Å². The van der Waals surface area contributed by atoms with Crippen LogP contribution in [0.2, 0.25) is 0 Å². The van der Waals surface area contributed by atoms with Gasteiger partial charge >= 0.3 is 0 Å². The lowest BCUT2D eigenvalue weighted by atomic mass is 9.82. The first-order valence-corrected chi connectivity index (χ1v) is 8.14. The lowest BCUT2D eigenvalue weighted by Crippen LogP contribution is -2.40. The first-order valence-electron chi connectivity index (χ1n) is 6.89. The van der Waals surface area contributed by atoms with Crippen LogP contribution in [0, 0.1) is 0 Å². The summed E-state index contributed by atoms with van der Waals surface area (Å²) in [6, 6.07) is 0. The predicted octanol–water partition coefficient (Wildman–Crippen LogP) is 4.57. The maximum atomic E-state index is 6.35. The summed E-state index contributed by atoms with van der Waals surface area (Å²) in [7, 11) is 0. The lowest BCUT2D eigenvalue weighted by Gasteiger charge is -2.40. The third-order valence-electron chi connectivity index (χ3n) is 3.86. The van der Waals surface area contributed by atoms with E-state index in [1.807, 2.05) is 0 Å². The summed E-state index contributed by atoms with van der Waals surface area (Å²) >= 11 is 2.29. The molecule has 17 heavy (non-hydrogen) atoms. The van der Waals surface area contributed by atoms with Crippen molar-refractivity contribution in [2.24, 2.45) is 0 Å². The van der Waals surface area contributed by atoms with E-state index < -0.39 is 0 Å². The predicted molar refractivity (Wildman–Crippen MR) is 78.3 cm³/mol. The summed E-state index contributed by atoms with van der Waals surface area (Å²) in [4.78, 5) is 0. The topological polar surface area (TPSA) is 18.5 Å². The molecule has 1 aliphatic heterocycles. The summed E-state index contributed by atoms with van der Waals surface area (Å²) in [5.74, 6) is 0. The van der Waals surface area contributed by atoms with Crippen molar-refractivity contribution < 1.29 is 9.47 Å². The SMILES string of the molecule is I/C=C/CC1(OC2CCCCO2)CCCCC1. The van der Waals surface area contributed by atoms with Gasteiger partial charge in [0, 0.05) is 6.61 Å². The van der Waals surface area contributed by atoms with Crippen molar-refractivity contribution in [1.82, 2.24) is 0 Å². The summed E-state index contributed by atoms with van der Waals surface area (Å²) < 4.78 is 14.2. The van der Waals surface area contributed by atoms with Crippen LogP contribution in [0.3, 0.4) is 0 Å². The van der Waals surface area contributed by atoms with Gasteiger partial charge < -0.3 is 9.47 Å². The van der Waals surface area contributed by atoms with E-state index in [-0.39, 0.29) is 11.9 Å². The Morgan fingerprint density at radius 2 is 2.00 bits per heavy atom. The molecule has 0 N–H and O–H groups in total. The molecule has 1 aliphatic carbocycles. The van der Waals surface area contributed by atoms with Gasteiger partial charge in [-0.25, -0.2) is 0 Å². The van der Waals surface area contributed by atoms with Crippen molar-refractivity contribution in [2.45, 2.75) is 69.7 Å². The molecule has 0 amide bonds. The van der Waals surface area contributed by atoms with Crippen LogP contribution in [0.15, 0.2) is 10.2 Å². The molecule has 2 rings (SSSR count). The molecule has 0 aromatic rings. The van der Waals surface area contributed by atoms with Gasteiger partial charge in [-0.2, -0.15) is 0 Å². The minimum absolute atomic E-state index is 0.0597. The normalized spacial score (nSPS) is 29.6. The number of ether oxygens (including phenoxy) is 2. The van der Waals surface area contributed by atoms with Gasteiger partial charge in [0.25, 0.3) is 0 Å². The van der Waals surface area contributed by atoms with Crippen LogP contribution >= 0.6 is 22.6 Å². The zero-order valence-corrected chi connectivity index (χ0v) is 12.7. The molecule has 2 fully saturated rings. The van der Waals surface area contributed by atoms with E-state index in [2.05, 4.69) is 32.7 Å². The Morgan fingerprint density at radius 1 is 1.18 bits per heavy atom. The van der Waals surface area contributed by atoms with Crippen molar-refractivity contribution in [3.05, 3.63) is 10.2 Å². The van der Waals surface area contributed by atoms with E-state index in [0.29, 0.717) is 0 Å². The fourth-order valence-electron chi connectivity index (χ4n) is 2.91. The Labute approximate surface area is 118 Å². The average Bonchev–Trinajstić information content (AvgIpc) is 2.39. The molecule has 0 aromatic heterocycles. The van der Waals surface area contributed by atoms with Crippen LogP contribution in [-0.4, -0.2) is 18.5 Å². The standard InChI is InChI=1S/C14H23IO2/c15-11-6-10-14(8-3-1-4-9-14)17-13-7-2-5-12-16-13/h6,11,13H,1-5,7-10,12H2/b11-6+. The molecule has 0 aromatic carbocycles.